The first-order valence-corrected chi connectivity index (χ1v) is 8.41. The number of hydrogen-bond donors (Lipinski definition) is 0. The van der Waals surface area contributed by atoms with Gasteiger partial charge in [0.15, 0.2) is 5.82 Å². The van der Waals surface area contributed by atoms with Crippen LogP contribution in [0.4, 0.5) is 11.5 Å². The van der Waals surface area contributed by atoms with E-state index in [0.29, 0.717) is 17.9 Å². The van der Waals surface area contributed by atoms with Gasteiger partial charge in [-0.25, -0.2) is 9.97 Å². The van der Waals surface area contributed by atoms with Gasteiger partial charge >= 0.3 is 5.97 Å². The molecule has 0 amide bonds. The summed E-state index contributed by atoms with van der Waals surface area (Å²) in [6, 6.07) is 8.05. The third kappa shape index (κ3) is 3.79. The van der Waals surface area contributed by atoms with Crippen LogP contribution in [-0.2, 0) is 9.53 Å². The minimum Gasteiger partial charge on any atom is -0.469 e. The number of carbonyl (C=O) groups excluding carboxylic acids is 1. The van der Waals surface area contributed by atoms with Crippen molar-refractivity contribution in [2.24, 2.45) is 5.92 Å². The summed E-state index contributed by atoms with van der Waals surface area (Å²) < 4.78 is 4.87. The van der Waals surface area contributed by atoms with Crippen LogP contribution in [0, 0.1) is 23.0 Å². The van der Waals surface area contributed by atoms with Crippen LogP contribution in [0.1, 0.15) is 18.5 Å². The molecule has 1 aromatic carbocycles. The molecule has 0 N–H and O–H groups in total. The molecule has 2 aromatic rings. The Kier molecular flexibility index (Phi) is 5.11. The SMILES string of the molecule is COC(=O)[C@@H]1CCCN(c2cc(C)nc(-c3ccc([N+](=O)[O-])cc3)n2)C1. The zero-order chi connectivity index (χ0) is 18.7. The molecule has 1 atom stereocenters. The van der Waals surface area contributed by atoms with Crippen LogP contribution in [0.2, 0.25) is 0 Å². The van der Waals surface area contributed by atoms with Crippen molar-refractivity contribution in [2.45, 2.75) is 19.8 Å². The second-order valence-electron chi connectivity index (χ2n) is 6.30. The molecule has 0 radical (unpaired) electrons. The monoisotopic (exact) mass is 356 g/mol. The number of piperidine rings is 1. The van der Waals surface area contributed by atoms with Crippen molar-refractivity contribution >= 4 is 17.5 Å². The molecule has 0 saturated carbocycles. The first-order valence-electron chi connectivity index (χ1n) is 8.41. The van der Waals surface area contributed by atoms with E-state index < -0.39 is 4.92 Å². The second-order valence-corrected chi connectivity index (χ2v) is 6.30. The van der Waals surface area contributed by atoms with E-state index in [1.54, 1.807) is 12.1 Å². The van der Waals surface area contributed by atoms with Gasteiger partial charge in [0, 0.05) is 42.5 Å². The topological polar surface area (TPSA) is 98.5 Å². The molecule has 8 nitrogen and oxygen atoms in total. The minimum absolute atomic E-state index is 0.0265. The van der Waals surface area contributed by atoms with Gasteiger partial charge in [0.25, 0.3) is 5.69 Å². The van der Waals surface area contributed by atoms with Gasteiger partial charge in [-0.3, -0.25) is 14.9 Å². The fraction of sp³-hybridized carbons (Fsp3) is 0.389. The summed E-state index contributed by atoms with van der Waals surface area (Å²) in [6.45, 7) is 3.24. The number of non-ortho nitro benzene ring substituents is 1. The van der Waals surface area contributed by atoms with Gasteiger partial charge in [0.1, 0.15) is 5.82 Å². The lowest BCUT2D eigenvalue weighted by Crippen LogP contribution is -2.39. The molecule has 1 aromatic heterocycles. The number of carbonyl (C=O) groups is 1. The number of aromatic nitrogens is 2. The molecule has 0 spiro atoms. The number of benzene rings is 1. The molecule has 3 rings (SSSR count). The van der Waals surface area contributed by atoms with Gasteiger partial charge < -0.3 is 9.64 Å². The molecule has 136 valence electrons. The van der Waals surface area contributed by atoms with Crippen LogP contribution >= 0.6 is 0 Å². The van der Waals surface area contributed by atoms with Crippen molar-refractivity contribution in [1.82, 2.24) is 9.97 Å². The van der Waals surface area contributed by atoms with Gasteiger partial charge in [0.05, 0.1) is 18.0 Å². The number of anilines is 1. The van der Waals surface area contributed by atoms with Crippen molar-refractivity contribution in [3.8, 4) is 11.4 Å². The lowest BCUT2D eigenvalue weighted by atomic mass is 9.98. The van der Waals surface area contributed by atoms with E-state index >= 15 is 0 Å². The Morgan fingerprint density at radius 3 is 2.69 bits per heavy atom. The van der Waals surface area contributed by atoms with Gasteiger partial charge in [-0.05, 0) is 31.9 Å². The quantitative estimate of drug-likeness (QED) is 0.472. The lowest BCUT2D eigenvalue weighted by Gasteiger charge is -2.32. The van der Waals surface area contributed by atoms with E-state index in [9.17, 15) is 14.9 Å². The highest BCUT2D eigenvalue weighted by Gasteiger charge is 2.27. The maximum atomic E-state index is 11.8. The number of aryl methyl sites for hydroxylation is 1. The first kappa shape index (κ1) is 17.8. The van der Waals surface area contributed by atoms with Crippen LogP contribution in [0.3, 0.4) is 0 Å². The standard InChI is InChI=1S/C18H20N4O4/c1-12-10-16(21-9-3-4-14(11-21)18(23)26-2)20-17(19-12)13-5-7-15(8-6-13)22(24)25/h5-8,10,14H,3-4,9,11H2,1-2H3/t14-/m1/s1. The van der Waals surface area contributed by atoms with Gasteiger partial charge in [-0.2, -0.15) is 0 Å². The Morgan fingerprint density at radius 2 is 2.04 bits per heavy atom. The number of esters is 1. The van der Waals surface area contributed by atoms with Crippen molar-refractivity contribution in [2.75, 3.05) is 25.1 Å². The first-order chi connectivity index (χ1) is 12.5. The van der Waals surface area contributed by atoms with Gasteiger partial charge in [-0.1, -0.05) is 0 Å². The number of methoxy groups -OCH3 is 1. The molecule has 1 saturated heterocycles. The fourth-order valence-corrected chi connectivity index (χ4v) is 3.12. The molecule has 0 unspecified atom stereocenters. The summed E-state index contributed by atoms with van der Waals surface area (Å²) in [6.07, 6.45) is 1.69. The van der Waals surface area contributed by atoms with E-state index in [0.717, 1.165) is 30.9 Å². The maximum Gasteiger partial charge on any atom is 0.310 e. The maximum absolute atomic E-state index is 11.8. The highest BCUT2D eigenvalue weighted by Crippen LogP contribution is 2.26. The van der Waals surface area contributed by atoms with E-state index in [1.165, 1.54) is 19.2 Å². The summed E-state index contributed by atoms with van der Waals surface area (Å²) in [4.78, 5) is 33.3. The van der Waals surface area contributed by atoms with Crippen LogP contribution in [-0.4, -0.2) is 41.1 Å². The molecule has 0 bridgehead atoms. The summed E-state index contributed by atoms with van der Waals surface area (Å²) >= 11 is 0. The number of ether oxygens (including phenoxy) is 1. The van der Waals surface area contributed by atoms with Crippen LogP contribution in [0.25, 0.3) is 11.4 Å². The zero-order valence-electron chi connectivity index (χ0n) is 14.7. The highest BCUT2D eigenvalue weighted by molar-refractivity contribution is 5.73. The molecule has 1 fully saturated rings. The Labute approximate surface area is 151 Å². The fourth-order valence-electron chi connectivity index (χ4n) is 3.12. The van der Waals surface area contributed by atoms with Crippen LogP contribution in [0.15, 0.2) is 30.3 Å². The third-order valence-corrected chi connectivity index (χ3v) is 4.46. The Balaban J connectivity index is 1.87. The Hall–Kier alpha value is -3.03. The molecule has 2 heterocycles. The summed E-state index contributed by atoms with van der Waals surface area (Å²) in [7, 11) is 1.41. The van der Waals surface area contributed by atoms with Crippen LogP contribution < -0.4 is 4.90 Å². The van der Waals surface area contributed by atoms with Crippen molar-refractivity contribution in [1.29, 1.82) is 0 Å². The van der Waals surface area contributed by atoms with E-state index in [2.05, 4.69) is 14.9 Å². The van der Waals surface area contributed by atoms with Crippen molar-refractivity contribution < 1.29 is 14.5 Å². The number of hydrogen-bond acceptors (Lipinski definition) is 7. The average molecular weight is 356 g/mol. The highest BCUT2D eigenvalue weighted by atomic mass is 16.6. The third-order valence-electron chi connectivity index (χ3n) is 4.46. The summed E-state index contributed by atoms with van der Waals surface area (Å²) in [5, 5.41) is 10.8. The molecular formula is C18H20N4O4. The van der Waals surface area contributed by atoms with Crippen molar-refractivity contribution in [3.63, 3.8) is 0 Å². The number of nitro benzene ring substituents is 1. The second kappa shape index (κ2) is 7.47. The molecule has 8 heteroatoms. The normalized spacial score (nSPS) is 17.0. The molecule has 26 heavy (non-hydrogen) atoms. The van der Waals surface area contributed by atoms with Gasteiger partial charge in [-0.15, -0.1) is 0 Å². The smallest absolute Gasteiger partial charge is 0.310 e. The number of nitro groups is 1. The summed E-state index contributed by atoms with van der Waals surface area (Å²) in [5.41, 5.74) is 1.53. The molecular weight excluding hydrogens is 336 g/mol. The Bertz CT molecular complexity index is 822. The van der Waals surface area contributed by atoms with E-state index in [-0.39, 0.29) is 17.6 Å². The zero-order valence-corrected chi connectivity index (χ0v) is 14.7. The van der Waals surface area contributed by atoms with E-state index in [1.807, 2.05) is 13.0 Å². The predicted octanol–water partition coefficient (Wildman–Crippen LogP) is 2.75. The molecule has 1 aliphatic rings. The number of nitrogens with zero attached hydrogens (tertiary/aromatic N) is 4. The van der Waals surface area contributed by atoms with Crippen LogP contribution in [0.5, 0.6) is 0 Å². The lowest BCUT2D eigenvalue weighted by molar-refractivity contribution is -0.384. The van der Waals surface area contributed by atoms with Crippen molar-refractivity contribution in [3.05, 3.63) is 46.1 Å². The Morgan fingerprint density at radius 1 is 1.31 bits per heavy atom. The van der Waals surface area contributed by atoms with Gasteiger partial charge in [0.2, 0.25) is 0 Å². The summed E-state index contributed by atoms with van der Waals surface area (Å²) in [5.74, 6) is 0.900. The van der Waals surface area contributed by atoms with E-state index in [4.69, 9.17) is 4.74 Å². The minimum atomic E-state index is -0.438. The number of rotatable bonds is 4. The molecule has 0 aliphatic carbocycles. The predicted molar refractivity (Wildman–Crippen MR) is 95.8 cm³/mol. The molecule has 1 aliphatic heterocycles. The average Bonchev–Trinajstić information content (AvgIpc) is 2.67. The largest absolute Gasteiger partial charge is 0.469 e.